The van der Waals surface area contributed by atoms with Crippen molar-refractivity contribution in [3.63, 3.8) is 0 Å². The standard InChI is InChI=1S/C16H14ClN5O/c1-22-10-11(8-21-22)15-14(18-6-7-19-15)9-20-16(23)12-4-2-3-5-13(12)17/h2-8,10H,9H2,1H3,(H,20,23). The fourth-order valence-corrected chi connectivity index (χ4v) is 2.41. The van der Waals surface area contributed by atoms with E-state index >= 15 is 0 Å². The summed E-state index contributed by atoms with van der Waals surface area (Å²) in [6.45, 7) is 0.252. The van der Waals surface area contributed by atoms with E-state index in [1.165, 1.54) is 0 Å². The zero-order valence-corrected chi connectivity index (χ0v) is 13.2. The maximum Gasteiger partial charge on any atom is 0.253 e. The first-order valence-electron chi connectivity index (χ1n) is 6.97. The Labute approximate surface area is 138 Å². The fourth-order valence-electron chi connectivity index (χ4n) is 2.19. The molecule has 0 spiro atoms. The number of nitrogens with zero attached hydrogens (tertiary/aromatic N) is 4. The molecule has 0 unspecified atom stereocenters. The third kappa shape index (κ3) is 3.37. The monoisotopic (exact) mass is 327 g/mol. The summed E-state index contributed by atoms with van der Waals surface area (Å²) in [5.41, 5.74) is 2.64. The van der Waals surface area contributed by atoms with Crippen LogP contribution >= 0.6 is 11.6 Å². The number of hydrogen-bond acceptors (Lipinski definition) is 4. The molecule has 1 amide bonds. The van der Waals surface area contributed by atoms with Crippen molar-refractivity contribution in [3.05, 3.63) is 65.3 Å². The number of carbonyl (C=O) groups is 1. The lowest BCUT2D eigenvalue weighted by Gasteiger charge is -2.08. The quantitative estimate of drug-likeness (QED) is 0.799. The molecule has 3 aromatic rings. The summed E-state index contributed by atoms with van der Waals surface area (Å²) in [4.78, 5) is 20.9. The van der Waals surface area contributed by atoms with Gasteiger partial charge in [0.2, 0.25) is 0 Å². The number of halogens is 1. The van der Waals surface area contributed by atoms with Crippen LogP contribution in [-0.2, 0) is 13.6 Å². The van der Waals surface area contributed by atoms with Crippen LogP contribution in [0.2, 0.25) is 5.02 Å². The van der Waals surface area contributed by atoms with Gasteiger partial charge in [-0.1, -0.05) is 23.7 Å². The first kappa shape index (κ1) is 15.2. The van der Waals surface area contributed by atoms with Crippen molar-refractivity contribution < 1.29 is 4.79 Å². The van der Waals surface area contributed by atoms with Crippen LogP contribution in [0.3, 0.4) is 0 Å². The van der Waals surface area contributed by atoms with Crippen LogP contribution < -0.4 is 5.32 Å². The number of hydrogen-bond donors (Lipinski definition) is 1. The van der Waals surface area contributed by atoms with Gasteiger partial charge in [-0.15, -0.1) is 0 Å². The lowest BCUT2D eigenvalue weighted by Crippen LogP contribution is -2.24. The molecule has 3 rings (SSSR count). The molecule has 1 aromatic carbocycles. The van der Waals surface area contributed by atoms with E-state index in [4.69, 9.17) is 11.6 Å². The third-order valence-corrected chi connectivity index (χ3v) is 3.62. The van der Waals surface area contributed by atoms with Crippen molar-refractivity contribution in [3.8, 4) is 11.3 Å². The van der Waals surface area contributed by atoms with Crippen LogP contribution in [0.25, 0.3) is 11.3 Å². The summed E-state index contributed by atoms with van der Waals surface area (Å²) in [6.07, 6.45) is 6.77. The molecule has 0 aliphatic rings. The van der Waals surface area contributed by atoms with E-state index in [0.29, 0.717) is 22.0 Å². The van der Waals surface area contributed by atoms with E-state index < -0.39 is 0 Å². The molecule has 0 saturated carbocycles. The minimum Gasteiger partial charge on any atom is -0.346 e. The molecule has 7 heteroatoms. The van der Waals surface area contributed by atoms with Gasteiger partial charge in [-0.2, -0.15) is 5.10 Å². The molecule has 2 heterocycles. The Hall–Kier alpha value is -2.73. The number of rotatable bonds is 4. The minimum absolute atomic E-state index is 0.251. The summed E-state index contributed by atoms with van der Waals surface area (Å²) in [7, 11) is 1.83. The zero-order chi connectivity index (χ0) is 16.2. The molecule has 116 valence electrons. The van der Waals surface area contributed by atoms with Gasteiger partial charge >= 0.3 is 0 Å². The molecule has 1 N–H and O–H groups in total. The second-order valence-electron chi connectivity index (χ2n) is 4.92. The van der Waals surface area contributed by atoms with Crippen molar-refractivity contribution in [1.29, 1.82) is 0 Å². The first-order valence-corrected chi connectivity index (χ1v) is 7.34. The van der Waals surface area contributed by atoms with Gasteiger partial charge in [0.15, 0.2) is 0 Å². The Bertz CT molecular complexity index is 846. The second-order valence-corrected chi connectivity index (χ2v) is 5.32. The Morgan fingerprint density at radius 3 is 2.78 bits per heavy atom. The molecule has 23 heavy (non-hydrogen) atoms. The summed E-state index contributed by atoms with van der Waals surface area (Å²) >= 11 is 6.03. The van der Waals surface area contributed by atoms with Gasteiger partial charge in [-0.25, -0.2) is 0 Å². The van der Waals surface area contributed by atoms with Crippen molar-refractivity contribution in [1.82, 2.24) is 25.1 Å². The van der Waals surface area contributed by atoms with Gasteiger partial charge in [0, 0.05) is 31.2 Å². The molecule has 0 fully saturated rings. The summed E-state index contributed by atoms with van der Waals surface area (Å²) in [5, 5.41) is 7.37. The maximum absolute atomic E-state index is 12.2. The molecular weight excluding hydrogens is 314 g/mol. The van der Waals surface area contributed by atoms with Crippen molar-refractivity contribution >= 4 is 17.5 Å². The van der Waals surface area contributed by atoms with E-state index in [-0.39, 0.29) is 12.5 Å². The molecule has 0 radical (unpaired) electrons. The van der Waals surface area contributed by atoms with Gasteiger partial charge in [0.05, 0.1) is 34.7 Å². The predicted octanol–water partition coefficient (Wildman–Crippen LogP) is 2.46. The Kier molecular flexibility index (Phi) is 4.34. The lowest BCUT2D eigenvalue weighted by atomic mass is 10.2. The van der Waals surface area contributed by atoms with Gasteiger partial charge in [0.25, 0.3) is 5.91 Å². The number of amides is 1. The highest BCUT2D eigenvalue weighted by Crippen LogP contribution is 2.19. The van der Waals surface area contributed by atoms with Gasteiger partial charge in [-0.3, -0.25) is 19.4 Å². The molecule has 0 bridgehead atoms. The van der Waals surface area contributed by atoms with Crippen LogP contribution in [0.5, 0.6) is 0 Å². The van der Waals surface area contributed by atoms with Gasteiger partial charge in [0.1, 0.15) is 0 Å². The molecule has 2 aromatic heterocycles. The van der Waals surface area contributed by atoms with Crippen LogP contribution in [0.1, 0.15) is 16.1 Å². The summed E-state index contributed by atoms with van der Waals surface area (Å²) in [5.74, 6) is -0.251. The Morgan fingerprint density at radius 1 is 1.26 bits per heavy atom. The zero-order valence-electron chi connectivity index (χ0n) is 12.4. The third-order valence-electron chi connectivity index (χ3n) is 3.29. The molecule has 0 saturated heterocycles. The number of aryl methyl sites for hydroxylation is 1. The van der Waals surface area contributed by atoms with Crippen LogP contribution in [-0.4, -0.2) is 25.7 Å². The number of nitrogens with one attached hydrogen (secondary N) is 1. The average molecular weight is 328 g/mol. The van der Waals surface area contributed by atoms with Crippen molar-refractivity contribution in [2.45, 2.75) is 6.54 Å². The summed E-state index contributed by atoms with van der Waals surface area (Å²) < 4.78 is 1.69. The van der Waals surface area contributed by atoms with Crippen LogP contribution in [0.15, 0.2) is 49.1 Å². The van der Waals surface area contributed by atoms with E-state index in [9.17, 15) is 4.79 Å². The minimum atomic E-state index is -0.251. The second kappa shape index (κ2) is 6.58. The van der Waals surface area contributed by atoms with E-state index in [2.05, 4.69) is 20.4 Å². The summed E-state index contributed by atoms with van der Waals surface area (Å²) in [6, 6.07) is 6.91. The topological polar surface area (TPSA) is 72.7 Å². The van der Waals surface area contributed by atoms with Gasteiger partial charge in [-0.05, 0) is 12.1 Å². The Balaban J connectivity index is 1.79. The molecule has 0 aliphatic heterocycles. The SMILES string of the molecule is Cn1cc(-c2nccnc2CNC(=O)c2ccccc2Cl)cn1. The van der Waals surface area contributed by atoms with E-state index in [0.717, 1.165) is 5.56 Å². The molecule has 0 atom stereocenters. The number of carbonyl (C=O) groups excluding carboxylic acids is 1. The van der Waals surface area contributed by atoms with Crippen molar-refractivity contribution in [2.75, 3.05) is 0 Å². The first-order chi connectivity index (χ1) is 11.1. The highest BCUT2D eigenvalue weighted by molar-refractivity contribution is 6.33. The maximum atomic E-state index is 12.2. The Morgan fingerprint density at radius 2 is 2.04 bits per heavy atom. The molecular formula is C16H14ClN5O. The normalized spacial score (nSPS) is 10.5. The highest BCUT2D eigenvalue weighted by atomic mass is 35.5. The molecule has 0 aliphatic carbocycles. The van der Waals surface area contributed by atoms with Gasteiger partial charge < -0.3 is 5.32 Å². The number of benzene rings is 1. The fraction of sp³-hybridized carbons (Fsp3) is 0.125. The van der Waals surface area contributed by atoms with Crippen LogP contribution in [0, 0.1) is 0 Å². The predicted molar refractivity (Wildman–Crippen MR) is 86.9 cm³/mol. The largest absolute Gasteiger partial charge is 0.346 e. The van der Waals surface area contributed by atoms with Crippen molar-refractivity contribution in [2.24, 2.45) is 7.05 Å². The highest BCUT2D eigenvalue weighted by Gasteiger charge is 2.13. The van der Waals surface area contributed by atoms with E-state index in [1.54, 1.807) is 47.5 Å². The molecule has 6 nitrogen and oxygen atoms in total. The number of aromatic nitrogens is 4. The smallest absolute Gasteiger partial charge is 0.253 e. The van der Waals surface area contributed by atoms with Crippen LogP contribution in [0.4, 0.5) is 0 Å². The lowest BCUT2D eigenvalue weighted by molar-refractivity contribution is 0.0950. The average Bonchev–Trinajstić information content (AvgIpc) is 2.99. The van der Waals surface area contributed by atoms with E-state index in [1.807, 2.05) is 13.2 Å².